The van der Waals surface area contributed by atoms with Crippen molar-refractivity contribution in [2.24, 2.45) is 0 Å². The van der Waals surface area contributed by atoms with Gasteiger partial charge in [-0.2, -0.15) is 10.1 Å². The maximum Gasteiger partial charge on any atom is 0.322 e. The molecule has 6 nitrogen and oxygen atoms in total. The van der Waals surface area contributed by atoms with Gasteiger partial charge in [-0.05, 0) is 30.5 Å². The van der Waals surface area contributed by atoms with Gasteiger partial charge in [-0.15, -0.1) is 0 Å². The van der Waals surface area contributed by atoms with Crippen LogP contribution in [0.15, 0.2) is 30.6 Å². The first kappa shape index (κ1) is 12.0. The Morgan fingerprint density at radius 1 is 1.32 bits per heavy atom. The second-order valence-corrected chi connectivity index (χ2v) is 4.94. The fourth-order valence-corrected chi connectivity index (χ4v) is 2.13. The van der Waals surface area contributed by atoms with Gasteiger partial charge in [-0.25, -0.2) is 9.89 Å². The van der Waals surface area contributed by atoms with E-state index in [0.29, 0.717) is 11.0 Å². The van der Waals surface area contributed by atoms with Crippen LogP contribution in [0.1, 0.15) is 18.4 Å². The number of rotatable bonds is 3. The minimum absolute atomic E-state index is 0.283. The topological polar surface area (TPSA) is 82.7 Å². The molecule has 0 radical (unpaired) electrons. The van der Waals surface area contributed by atoms with Gasteiger partial charge in [-0.3, -0.25) is 5.32 Å². The molecule has 1 aromatic heterocycles. The first-order valence-electron chi connectivity index (χ1n) is 5.89. The van der Waals surface area contributed by atoms with Crippen molar-refractivity contribution < 1.29 is 4.79 Å². The number of nitrogens with zero attached hydrogens (tertiary/aromatic N) is 2. The molecule has 0 aliphatic heterocycles. The van der Waals surface area contributed by atoms with Crippen LogP contribution in [0, 0.1) is 0 Å². The Labute approximate surface area is 114 Å². The molecule has 0 atom stereocenters. The van der Waals surface area contributed by atoms with Crippen LogP contribution in [-0.2, 0) is 5.54 Å². The molecule has 3 rings (SSSR count). The summed E-state index contributed by atoms with van der Waals surface area (Å²) in [5.41, 5.74) is 0.777. The monoisotopic (exact) mass is 277 g/mol. The van der Waals surface area contributed by atoms with E-state index >= 15 is 0 Å². The Balaban J connectivity index is 1.68. The van der Waals surface area contributed by atoms with Gasteiger partial charge in [0.1, 0.15) is 6.33 Å². The quantitative estimate of drug-likeness (QED) is 0.805. The molecule has 2 aromatic rings. The molecule has 3 N–H and O–H groups in total. The van der Waals surface area contributed by atoms with Gasteiger partial charge < -0.3 is 5.32 Å². The molecule has 1 aromatic carbocycles. The maximum absolute atomic E-state index is 11.9. The lowest BCUT2D eigenvalue weighted by Gasteiger charge is -2.17. The van der Waals surface area contributed by atoms with Crippen LogP contribution in [0.25, 0.3) is 0 Å². The minimum Gasteiger partial charge on any atom is -0.328 e. The molecule has 7 heteroatoms. The molecule has 1 fully saturated rings. The highest BCUT2D eigenvalue weighted by Crippen LogP contribution is 2.45. The lowest BCUT2D eigenvalue weighted by atomic mass is 10.1. The van der Waals surface area contributed by atoms with E-state index < -0.39 is 0 Å². The van der Waals surface area contributed by atoms with Gasteiger partial charge in [0.25, 0.3) is 0 Å². The maximum atomic E-state index is 11.9. The molecular weight excluding hydrogens is 266 g/mol. The summed E-state index contributed by atoms with van der Waals surface area (Å²) in [5.74, 6) is 0.324. The van der Waals surface area contributed by atoms with Crippen LogP contribution in [0.3, 0.4) is 0 Å². The van der Waals surface area contributed by atoms with Gasteiger partial charge in [0, 0.05) is 5.02 Å². The molecule has 1 aliphatic rings. The van der Waals surface area contributed by atoms with E-state index in [0.717, 1.165) is 18.4 Å². The Morgan fingerprint density at radius 3 is 2.63 bits per heavy atom. The van der Waals surface area contributed by atoms with E-state index in [9.17, 15) is 4.79 Å². The lowest BCUT2D eigenvalue weighted by molar-refractivity contribution is 0.247. The summed E-state index contributed by atoms with van der Waals surface area (Å²) in [5, 5.41) is 12.5. The minimum atomic E-state index is -0.302. The second-order valence-electron chi connectivity index (χ2n) is 4.50. The average Bonchev–Trinajstić information content (AvgIpc) is 2.98. The third kappa shape index (κ3) is 2.53. The molecule has 1 aliphatic carbocycles. The zero-order valence-corrected chi connectivity index (χ0v) is 10.7. The summed E-state index contributed by atoms with van der Waals surface area (Å²) in [6.07, 6.45) is 3.17. The Morgan fingerprint density at radius 2 is 2.05 bits per heavy atom. The zero-order valence-electron chi connectivity index (χ0n) is 9.98. The summed E-state index contributed by atoms with van der Waals surface area (Å²) in [7, 11) is 0. The smallest absolute Gasteiger partial charge is 0.322 e. The van der Waals surface area contributed by atoms with Crippen molar-refractivity contribution in [3.05, 3.63) is 41.2 Å². The first-order chi connectivity index (χ1) is 9.18. The van der Waals surface area contributed by atoms with Gasteiger partial charge in [0.15, 0.2) is 0 Å². The number of hydrogen-bond acceptors (Lipinski definition) is 3. The van der Waals surface area contributed by atoms with E-state index in [4.69, 9.17) is 11.6 Å². The van der Waals surface area contributed by atoms with Crippen LogP contribution in [-0.4, -0.2) is 21.2 Å². The van der Waals surface area contributed by atoms with Crippen molar-refractivity contribution in [2.75, 3.05) is 5.32 Å². The lowest BCUT2D eigenvalue weighted by Crippen LogP contribution is -2.38. The Kier molecular flexibility index (Phi) is 2.87. The van der Waals surface area contributed by atoms with E-state index in [1.807, 2.05) is 24.3 Å². The van der Waals surface area contributed by atoms with Crippen molar-refractivity contribution >= 4 is 23.6 Å². The van der Waals surface area contributed by atoms with Crippen molar-refractivity contribution in [2.45, 2.75) is 18.4 Å². The highest BCUT2D eigenvalue weighted by molar-refractivity contribution is 6.30. The van der Waals surface area contributed by atoms with Crippen molar-refractivity contribution in [3.63, 3.8) is 0 Å². The van der Waals surface area contributed by atoms with E-state index in [2.05, 4.69) is 25.8 Å². The second kappa shape index (κ2) is 4.55. The van der Waals surface area contributed by atoms with Gasteiger partial charge in [-0.1, -0.05) is 23.7 Å². The number of hydrogen-bond donors (Lipinski definition) is 3. The zero-order chi connectivity index (χ0) is 13.3. The number of anilines is 1. The van der Waals surface area contributed by atoms with Gasteiger partial charge >= 0.3 is 6.03 Å². The fraction of sp³-hybridized carbons (Fsp3) is 0.250. The molecule has 19 heavy (non-hydrogen) atoms. The molecule has 1 saturated carbocycles. The van der Waals surface area contributed by atoms with E-state index in [1.54, 1.807) is 0 Å². The van der Waals surface area contributed by atoms with E-state index in [1.165, 1.54) is 6.33 Å². The highest BCUT2D eigenvalue weighted by atomic mass is 35.5. The number of nitrogens with one attached hydrogen (secondary N) is 3. The van der Waals surface area contributed by atoms with Crippen LogP contribution in [0.2, 0.25) is 5.02 Å². The van der Waals surface area contributed by atoms with Crippen LogP contribution in [0.4, 0.5) is 10.7 Å². The fourth-order valence-electron chi connectivity index (χ4n) is 2.00. The van der Waals surface area contributed by atoms with Crippen molar-refractivity contribution in [1.29, 1.82) is 0 Å². The molecule has 0 bridgehead atoms. The number of carbonyl (C=O) groups excluding carboxylic acids is 1. The van der Waals surface area contributed by atoms with Crippen LogP contribution < -0.4 is 10.6 Å². The third-order valence-corrected chi connectivity index (χ3v) is 3.40. The molecular formula is C12H12ClN5O. The van der Waals surface area contributed by atoms with Crippen LogP contribution in [0.5, 0.6) is 0 Å². The highest BCUT2D eigenvalue weighted by Gasteiger charge is 2.45. The summed E-state index contributed by atoms with van der Waals surface area (Å²) in [6, 6.07) is 7.22. The number of aromatic nitrogens is 3. The summed E-state index contributed by atoms with van der Waals surface area (Å²) >= 11 is 5.86. The summed E-state index contributed by atoms with van der Waals surface area (Å²) in [6.45, 7) is 0. The SMILES string of the molecule is O=C(Nc1ncn[nH]1)NC1(c2ccc(Cl)cc2)CC1. The van der Waals surface area contributed by atoms with Gasteiger partial charge in [0.2, 0.25) is 5.95 Å². The van der Waals surface area contributed by atoms with Crippen LogP contribution >= 0.6 is 11.6 Å². The predicted molar refractivity (Wildman–Crippen MR) is 70.9 cm³/mol. The number of H-pyrrole nitrogens is 1. The molecule has 98 valence electrons. The Hall–Kier alpha value is -2.08. The number of benzene rings is 1. The number of aromatic amines is 1. The molecule has 2 amide bonds. The molecule has 0 saturated heterocycles. The third-order valence-electron chi connectivity index (χ3n) is 3.15. The largest absolute Gasteiger partial charge is 0.328 e. The van der Waals surface area contributed by atoms with E-state index in [-0.39, 0.29) is 11.6 Å². The number of carbonyl (C=O) groups is 1. The normalized spacial score (nSPS) is 15.8. The number of amides is 2. The molecule has 0 spiro atoms. The first-order valence-corrected chi connectivity index (χ1v) is 6.26. The van der Waals surface area contributed by atoms with Crippen molar-refractivity contribution in [3.8, 4) is 0 Å². The predicted octanol–water partition coefficient (Wildman–Crippen LogP) is 2.27. The summed E-state index contributed by atoms with van der Waals surface area (Å²) in [4.78, 5) is 15.7. The molecule has 0 unspecified atom stereocenters. The van der Waals surface area contributed by atoms with Gasteiger partial charge in [0.05, 0.1) is 5.54 Å². The van der Waals surface area contributed by atoms with Crippen molar-refractivity contribution in [1.82, 2.24) is 20.5 Å². The average molecular weight is 278 g/mol. The molecule has 1 heterocycles. The Bertz CT molecular complexity index is 577. The number of urea groups is 1. The summed E-state index contributed by atoms with van der Waals surface area (Å²) < 4.78 is 0. The standard InChI is InChI=1S/C12H12ClN5O/c13-9-3-1-8(2-4-9)12(5-6-12)17-11(19)16-10-14-7-15-18-10/h1-4,7H,5-6H2,(H3,14,15,16,17,18,19). The number of halogens is 1.